The Labute approximate surface area is 189 Å². The fourth-order valence-corrected chi connectivity index (χ4v) is 3.94. The SMILES string of the molecule is Cc1ccc(-c2ccc(/C=N/N3CC(=O)N(CCCCN4CCN(C)CC4)C3=O)o2)cc1. The van der Waals surface area contributed by atoms with Gasteiger partial charge in [-0.3, -0.25) is 9.69 Å². The first-order valence-electron chi connectivity index (χ1n) is 11.2. The second-order valence-corrected chi connectivity index (χ2v) is 8.55. The van der Waals surface area contributed by atoms with Crippen molar-refractivity contribution in [2.24, 2.45) is 5.10 Å². The van der Waals surface area contributed by atoms with Gasteiger partial charge in [-0.05, 0) is 45.5 Å². The molecule has 2 fully saturated rings. The third-order valence-corrected chi connectivity index (χ3v) is 6.03. The summed E-state index contributed by atoms with van der Waals surface area (Å²) in [4.78, 5) is 31.0. The number of likely N-dealkylation sites (N-methyl/N-ethyl adjacent to an activating group) is 1. The molecule has 4 rings (SSSR count). The summed E-state index contributed by atoms with van der Waals surface area (Å²) >= 11 is 0. The van der Waals surface area contributed by atoms with Gasteiger partial charge >= 0.3 is 6.03 Å². The number of imide groups is 1. The van der Waals surface area contributed by atoms with Crippen LogP contribution >= 0.6 is 0 Å². The zero-order chi connectivity index (χ0) is 22.5. The number of hydrogen-bond donors (Lipinski definition) is 0. The highest BCUT2D eigenvalue weighted by Crippen LogP contribution is 2.22. The number of furan rings is 1. The van der Waals surface area contributed by atoms with Gasteiger partial charge < -0.3 is 14.2 Å². The molecule has 0 atom stereocenters. The number of nitrogens with zero attached hydrogens (tertiary/aromatic N) is 5. The number of aryl methyl sites for hydroxylation is 1. The van der Waals surface area contributed by atoms with Gasteiger partial charge in [-0.15, -0.1) is 0 Å². The number of carbonyl (C=O) groups is 2. The van der Waals surface area contributed by atoms with Crippen molar-refractivity contribution < 1.29 is 14.0 Å². The van der Waals surface area contributed by atoms with Crippen LogP contribution in [0.25, 0.3) is 11.3 Å². The van der Waals surface area contributed by atoms with Gasteiger partial charge in [0.05, 0.1) is 6.21 Å². The topological polar surface area (TPSA) is 72.6 Å². The third kappa shape index (κ3) is 5.44. The van der Waals surface area contributed by atoms with Crippen LogP contribution in [0.1, 0.15) is 24.2 Å². The van der Waals surface area contributed by atoms with E-state index in [0.29, 0.717) is 12.3 Å². The van der Waals surface area contributed by atoms with E-state index in [2.05, 4.69) is 21.9 Å². The highest BCUT2D eigenvalue weighted by molar-refractivity contribution is 6.02. The van der Waals surface area contributed by atoms with Crippen molar-refractivity contribution in [3.05, 3.63) is 47.7 Å². The number of hydrogen-bond acceptors (Lipinski definition) is 6. The van der Waals surface area contributed by atoms with Crippen LogP contribution in [0.15, 0.2) is 45.9 Å². The van der Waals surface area contributed by atoms with Crippen LogP contribution in [0, 0.1) is 6.92 Å². The van der Waals surface area contributed by atoms with Gasteiger partial charge in [-0.2, -0.15) is 5.10 Å². The molecule has 0 N–H and O–H groups in total. The molecule has 170 valence electrons. The van der Waals surface area contributed by atoms with Crippen LogP contribution in [0.3, 0.4) is 0 Å². The standard InChI is InChI=1S/C24H31N5O3/c1-19-5-7-20(8-6-19)22-10-9-21(32-22)17-25-29-18-23(30)28(24(29)31)12-4-3-11-27-15-13-26(2)14-16-27/h5-10,17H,3-4,11-16,18H2,1-2H3/b25-17+. The van der Waals surface area contributed by atoms with E-state index in [4.69, 9.17) is 4.42 Å². The molecule has 0 saturated carbocycles. The first kappa shape index (κ1) is 22.2. The van der Waals surface area contributed by atoms with Gasteiger partial charge in [0, 0.05) is 38.3 Å². The molecule has 3 heterocycles. The van der Waals surface area contributed by atoms with E-state index in [1.807, 2.05) is 37.3 Å². The minimum Gasteiger partial charge on any atom is -0.455 e. The third-order valence-electron chi connectivity index (χ3n) is 6.03. The Kier molecular flexibility index (Phi) is 7.02. The Morgan fingerprint density at radius 1 is 0.969 bits per heavy atom. The van der Waals surface area contributed by atoms with Crippen LogP contribution in [0.5, 0.6) is 0 Å². The van der Waals surface area contributed by atoms with Crippen molar-refractivity contribution in [1.82, 2.24) is 19.7 Å². The summed E-state index contributed by atoms with van der Waals surface area (Å²) in [6, 6.07) is 11.4. The largest absolute Gasteiger partial charge is 0.455 e. The Balaban J connectivity index is 1.25. The second-order valence-electron chi connectivity index (χ2n) is 8.55. The van der Waals surface area contributed by atoms with Gasteiger partial charge in [-0.1, -0.05) is 29.8 Å². The van der Waals surface area contributed by atoms with Gasteiger partial charge in [0.15, 0.2) is 0 Å². The first-order chi connectivity index (χ1) is 15.5. The summed E-state index contributed by atoms with van der Waals surface area (Å²) in [5, 5.41) is 5.40. The van der Waals surface area contributed by atoms with Crippen LogP contribution in [0.4, 0.5) is 4.79 Å². The number of carbonyl (C=O) groups excluding carboxylic acids is 2. The molecule has 2 aliphatic heterocycles. The molecule has 8 nitrogen and oxygen atoms in total. The number of amides is 3. The molecule has 8 heteroatoms. The number of benzene rings is 1. The van der Waals surface area contributed by atoms with E-state index in [9.17, 15) is 9.59 Å². The molecular formula is C24H31N5O3. The molecule has 0 unspecified atom stereocenters. The lowest BCUT2D eigenvalue weighted by atomic mass is 10.1. The smallest absolute Gasteiger partial charge is 0.347 e. The molecule has 2 aromatic rings. The highest BCUT2D eigenvalue weighted by atomic mass is 16.3. The monoisotopic (exact) mass is 437 g/mol. The number of piperazine rings is 1. The molecule has 0 bridgehead atoms. The van der Waals surface area contributed by atoms with E-state index in [0.717, 1.165) is 56.9 Å². The van der Waals surface area contributed by atoms with E-state index in [1.54, 1.807) is 6.07 Å². The fourth-order valence-electron chi connectivity index (χ4n) is 3.94. The van der Waals surface area contributed by atoms with Crippen molar-refractivity contribution in [1.29, 1.82) is 0 Å². The summed E-state index contributed by atoms with van der Waals surface area (Å²) < 4.78 is 5.81. The van der Waals surface area contributed by atoms with Crippen LogP contribution in [0.2, 0.25) is 0 Å². The maximum atomic E-state index is 12.6. The van der Waals surface area contributed by atoms with Gasteiger partial charge in [0.1, 0.15) is 18.1 Å². The van der Waals surface area contributed by atoms with Crippen molar-refractivity contribution in [2.45, 2.75) is 19.8 Å². The maximum absolute atomic E-state index is 12.6. The van der Waals surface area contributed by atoms with Crippen LogP contribution < -0.4 is 0 Å². The van der Waals surface area contributed by atoms with Gasteiger partial charge in [0.25, 0.3) is 5.91 Å². The Hall–Kier alpha value is -2.97. The minimum absolute atomic E-state index is 0.0285. The zero-order valence-corrected chi connectivity index (χ0v) is 18.9. The average molecular weight is 438 g/mol. The first-order valence-corrected chi connectivity index (χ1v) is 11.2. The zero-order valence-electron chi connectivity index (χ0n) is 18.9. The van der Waals surface area contributed by atoms with Crippen LogP contribution in [-0.4, -0.2) is 90.7 Å². The Bertz CT molecular complexity index is 960. The predicted molar refractivity (Wildman–Crippen MR) is 123 cm³/mol. The summed E-state index contributed by atoms with van der Waals surface area (Å²) in [7, 11) is 2.14. The molecule has 0 aliphatic carbocycles. The molecule has 2 saturated heterocycles. The van der Waals surface area contributed by atoms with Crippen molar-refractivity contribution in [2.75, 3.05) is 52.9 Å². The lowest BCUT2D eigenvalue weighted by Crippen LogP contribution is -2.44. The summed E-state index contributed by atoms with van der Waals surface area (Å²) in [5.41, 5.74) is 2.16. The van der Waals surface area contributed by atoms with Gasteiger partial charge in [-0.25, -0.2) is 9.80 Å². The highest BCUT2D eigenvalue weighted by Gasteiger charge is 2.35. The summed E-state index contributed by atoms with van der Waals surface area (Å²) in [6.45, 7) is 7.81. The van der Waals surface area contributed by atoms with Gasteiger partial charge in [0.2, 0.25) is 0 Å². The molecule has 1 aromatic heterocycles. The summed E-state index contributed by atoms with van der Waals surface area (Å²) in [5.74, 6) is 1.07. The summed E-state index contributed by atoms with van der Waals surface area (Å²) in [6.07, 6.45) is 3.26. The quantitative estimate of drug-likeness (QED) is 0.361. The Morgan fingerprint density at radius 2 is 1.69 bits per heavy atom. The van der Waals surface area contributed by atoms with E-state index in [-0.39, 0.29) is 18.5 Å². The molecule has 2 aliphatic rings. The molecule has 32 heavy (non-hydrogen) atoms. The van der Waals surface area contributed by atoms with Crippen molar-refractivity contribution in [3.63, 3.8) is 0 Å². The second kappa shape index (κ2) is 10.1. The lowest BCUT2D eigenvalue weighted by molar-refractivity contribution is -0.125. The van der Waals surface area contributed by atoms with E-state index in [1.165, 1.54) is 21.7 Å². The molecule has 3 amide bonds. The molecular weight excluding hydrogens is 406 g/mol. The predicted octanol–water partition coefficient (Wildman–Crippen LogP) is 2.88. The lowest BCUT2D eigenvalue weighted by Gasteiger charge is -2.32. The van der Waals surface area contributed by atoms with E-state index < -0.39 is 0 Å². The number of rotatable bonds is 8. The number of hydrazone groups is 1. The number of urea groups is 1. The van der Waals surface area contributed by atoms with E-state index >= 15 is 0 Å². The minimum atomic E-state index is -0.365. The molecule has 0 spiro atoms. The average Bonchev–Trinajstić information content (AvgIpc) is 3.36. The number of unbranched alkanes of at least 4 members (excludes halogenated alkanes) is 1. The van der Waals surface area contributed by atoms with Crippen molar-refractivity contribution >= 4 is 18.2 Å². The molecule has 0 radical (unpaired) electrons. The molecule has 1 aromatic carbocycles. The van der Waals surface area contributed by atoms with Crippen LogP contribution in [-0.2, 0) is 4.79 Å². The van der Waals surface area contributed by atoms with Crippen molar-refractivity contribution in [3.8, 4) is 11.3 Å². The normalized spacial score (nSPS) is 18.4. The maximum Gasteiger partial charge on any atom is 0.347 e. The Morgan fingerprint density at radius 3 is 2.44 bits per heavy atom. The fraction of sp³-hybridized carbons (Fsp3) is 0.458.